The second-order valence-corrected chi connectivity index (χ2v) is 13.3. The zero-order chi connectivity index (χ0) is 15.3. The van der Waals surface area contributed by atoms with Crippen LogP contribution in [0.3, 0.4) is 0 Å². The van der Waals surface area contributed by atoms with Crippen LogP contribution in [0.4, 0.5) is 4.79 Å². The van der Waals surface area contributed by atoms with Crippen LogP contribution in [0.5, 0.6) is 0 Å². The summed E-state index contributed by atoms with van der Waals surface area (Å²) in [6.45, 7) is 8.33. The summed E-state index contributed by atoms with van der Waals surface area (Å²) in [5.74, 6) is -0.0352. The molecule has 1 fully saturated rings. The first-order chi connectivity index (χ1) is 9.41. The van der Waals surface area contributed by atoms with Crippen LogP contribution in [0.25, 0.3) is 0 Å². The molecule has 1 aliphatic rings. The van der Waals surface area contributed by atoms with Gasteiger partial charge in [0.05, 0.1) is 0 Å². The number of hydrogen-bond acceptors (Lipinski definition) is 4. The zero-order valence-electron chi connectivity index (χ0n) is 12.1. The van der Waals surface area contributed by atoms with Crippen LogP contribution in [0, 0.1) is 11.3 Å². The molecular weight excluding hydrogens is 392 g/mol. The van der Waals surface area contributed by atoms with E-state index >= 15 is 0 Å². The van der Waals surface area contributed by atoms with Gasteiger partial charge in [-0.15, -0.1) is 0 Å². The minimum atomic E-state index is -0.608. The Morgan fingerprint density at radius 1 is 1.35 bits per heavy atom. The van der Waals surface area contributed by atoms with Gasteiger partial charge in [-0.1, -0.05) is 0 Å². The molecule has 0 aromatic carbocycles. The SMILES string of the molecule is CCN(C(=O)OCC#N)C(C)C(=O)N(CC)C1(C)[Se][Se]1. The van der Waals surface area contributed by atoms with Crippen LogP contribution >= 0.6 is 0 Å². The standard InChI is InChI=1S/C12H19N3O3Se2/c1-5-14(11(17)18-8-7-13)9(3)10(16)15(6-2)12(4)19-20-12/h9H,5-6,8H2,1-4H3. The van der Waals surface area contributed by atoms with Gasteiger partial charge in [-0.2, -0.15) is 0 Å². The van der Waals surface area contributed by atoms with Gasteiger partial charge in [-0.25, -0.2) is 0 Å². The molecule has 20 heavy (non-hydrogen) atoms. The van der Waals surface area contributed by atoms with Gasteiger partial charge in [0.15, 0.2) is 0 Å². The average Bonchev–Trinajstić information content (AvgIpc) is 3.16. The van der Waals surface area contributed by atoms with Crippen molar-refractivity contribution in [2.75, 3.05) is 19.7 Å². The predicted octanol–water partition coefficient (Wildman–Crippen LogP) is 0.216. The molecule has 1 unspecified atom stereocenters. The summed E-state index contributed by atoms with van der Waals surface area (Å²) in [6, 6.07) is 1.19. The molecule has 0 saturated carbocycles. The molecular formula is C12H19N3O3Se2. The Morgan fingerprint density at radius 2 is 1.95 bits per heavy atom. The topological polar surface area (TPSA) is 73.6 Å². The second-order valence-electron chi connectivity index (χ2n) is 4.32. The summed E-state index contributed by atoms with van der Waals surface area (Å²) in [4.78, 5) is 27.7. The second kappa shape index (κ2) is 7.33. The first kappa shape index (κ1) is 17.3. The van der Waals surface area contributed by atoms with Crippen LogP contribution in [0.1, 0.15) is 27.7 Å². The van der Waals surface area contributed by atoms with Crippen molar-refractivity contribution in [1.82, 2.24) is 9.80 Å². The fourth-order valence-electron chi connectivity index (χ4n) is 1.89. The van der Waals surface area contributed by atoms with E-state index in [1.54, 1.807) is 19.9 Å². The number of ether oxygens (including phenoxy) is 1. The van der Waals surface area contributed by atoms with Gasteiger partial charge in [-0.05, 0) is 0 Å². The van der Waals surface area contributed by atoms with Crippen molar-refractivity contribution in [2.24, 2.45) is 0 Å². The van der Waals surface area contributed by atoms with E-state index in [4.69, 9.17) is 10.00 Å². The number of carbonyl (C=O) groups excluding carboxylic acids is 2. The number of likely N-dealkylation sites (N-methyl/N-ethyl adjacent to an activating group) is 2. The Hall–Kier alpha value is -0.731. The number of nitrogens with zero attached hydrogens (tertiary/aromatic N) is 3. The molecule has 0 aliphatic carbocycles. The molecule has 1 saturated heterocycles. The van der Waals surface area contributed by atoms with Gasteiger partial charge < -0.3 is 0 Å². The molecule has 0 aromatic rings. The number of amides is 2. The Kier molecular flexibility index (Phi) is 6.35. The normalized spacial score (nSPS) is 16.8. The van der Waals surface area contributed by atoms with Crippen molar-refractivity contribution in [2.45, 2.75) is 37.1 Å². The van der Waals surface area contributed by atoms with Crippen molar-refractivity contribution in [1.29, 1.82) is 5.26 Å². The summed E-state index contributed by atoms with van der Waals surface area (Å²) in [5, 5.41) is 8.44. The predicted molar refractivity (Wildman–Crippen MR) is 76.1 cm³/mol. The zero-order valence-corrected chi connectivity index (χ0v) is 15.5. The molecule has 0 aromatic heterocycles. The molecule has 112 valence electrons. The number of nitriles is 1. The third kappa shape index (κ3) is 3.89. The third-order valence-electron chi connectivity index (χ3n) is 3.06. The molecule has 1 heterocycles. The van der Waals surface area contributed by atoms with Crippen LogP contribution < -0.4 is 0 Å². The summed E-state index contributed by atoms with van der Waals surface area (Å²) < 4.78 is 4.86. The molecule has 8 heteroatoms. The maximum absolute atomic E-state index is 12.6. The molecule has 6 nitrogen and oxygen atoms in total. The van der Waals surface area contributed by atoms with Crippen LogP contribution in [-0.2, 0) is 9.53 Å². The van der Waals surface area contributed by atoms with E-state index < -0.39 is 12.1 Å². The molecule has 0 bridgehead atoms. The summed E-state index contributed by atoms with van der Waals surface area (Å²) >= 11 is 1.06. The van der Waals surface area contributed by atoms with E-state index in [9.17, 15) is 9.59 Å². The van der Waals surface area contributed by atoms with Gasteiger partial charge in [0.25, 0.3) is 0 Å². The van der Waals surface area contributed by atoms with E-state index in [0.29, 0.717) is 39.4 Å². The number of hydrogen-bond donors (Lipinski definition) is 0. The summed E-state index contributed by atoms with van der Waals surface area (Å²) in [5.41, 5.74) is 0. The molecule has 1 atom stereocenters. The Balaban J connectivity index is 2.74. The van der Waals surface area contributed by atoms with Gasteiger partial charge in [0.1, 0.15) is 0 Å². The van der Waals surface area contributed by atoms with E-state index in [-0.39, 0.29) is 15.8 Å². The monoisotopic (exact) mass is 413 g/mol. The van der Waals surface area contributed by atoms with Gasteiger partial charge in [0.2, 0.25) is 0 Å². The first-order valence-electron chi connectivity index (χ1n) is 6.39. The fourth-order valence-corrected chi connectivity index (χ4v) is 6.72. The van der Waals surface area contributed by atoms with Crippen LogP contribution in [0.15, 0.2) is 0 Å². The minimum absolute atomic E-state index is 0.0352. The van der Waals surface area contributed by atoms with E-state index in [0.717, 1.165) is 0 Å². The van der Waals surface area contributed by atoms with E-state index in [1.807, 2.05) is 11.8 Å². The van der Waals surface area contributed by atoms with Crippen molar-refractivity contribution in [3.8, 4) is 6.07 Å². The quantitative estimate of drug-likeness (QED) is 0.587. The van der Waals surface area contributed by atoms with E-state index in [1.165, 1.54) is 4.90 Å². The number of carbonyl (C=O) groups is 2. The van der Waals surface area contributed by atoms with Crippen molar-refractivity contribution >= 4 is 38.3 Å². The average molecular weight is 411 g/mol. The van der Waals surface area contributed by atoms with Crippen LogP contribution in [-0.4, -0.2) is 77.1 Å². The molecule has 0 radical (unpaired) electrons. The Morgan fingerprint density at radius 3 is 2.35 bits per heavy atom. The van der Waals surface area contributed by atoms with Crippen molar-refractivity contribution in [3.05, 3.63) is 0 Å². The number of rotatable bonds is 6. The Bertz CT molecular complexity index is 421. The van der Waals surface area contributed by atoms with E-state index in [2.05, 4.69) is 6.92 Å². The van der Waals surface area contributed by atoms with Crippen LogP contribution in [0.2, 0.25) is 0 Å². The molecule has 0 N–H and O–H groups in total. The first-order valence-corrected chi connectivity index (χ1v) is 12.4. The Labute approximate surface area is 130 Å². The summed E-state index contributed by atoms with van der Waals surface area (Å²) in [7, 11) is 0. The molecule has 2 amide bonds. The van der Waals surface area contributed by atoms with Gasteiger partial charge >= 0.3 is 130 Å². The molecule has 0 spiro atoms. The molecule has 1 aliphatic heterocycles. The fraction of sp³-hybridized carbons (Fsp3) is 0.750. The summed E-state index contributed by atoms with van der Waals surface area (Å²) in [6.07, 6.45) is -0.608. The van der Waals surface area contributed by atoms with Crippen molar-refractivity contribution in [3.63, 3.8) is 0 Å². The third-order valence-corrected chi connectivity index (χ3v) is 12.4. The van der Waals surface area contributed by atoms with Gasteiger partial charge in [0, 0.05) is 0 Å². The van der Waals surface area contributed by atoms with Gasteiger partial charge in [-0.3, -0.25) is 0 Å². The van der Waals surface area contributed by atoms with Crippen molar-refractivity contribution < 1.29 is 14.3 Å². The maximum atomic E-state index is 12.6. The molecule has 1 rings (SSSR count).